The number of aromatic nitrogens is 2. The molecule has 21 heavy (non-hydrogen) atoms. The maximum absolute atomic E-state index is 11.7. The van der Waals surface area contributed by atoms with Crippen LogP contribution in [0.4, 0.5) is 4.79 Å². The zero-order chi connectivity index (χ0) is 16.0. The molecule has 0 saturated heterocycles. The van der Waals surface area contributed by atoms with Gasteiger partial charge < -0.3 is 20.5 Å². The van der Waals surface area contributed by atoms with Gasteiger partial charge in [0.1, 0.15) is 17.5 Å². The molecule has 8 heteroatoms. The first-order valence-electron chi connectivity index (χ1n) is 6.67. The molecule has 0 saturated carbocycles. The lowest BCUT2D eigenvalue weighted by Gasteiger charge is -2.21. The lowest BCUT2D eigenvalue weighted by molar-refractivity contribution is 0.0507. The molecule has 3 N–H and O–H groups in total. The number of amides is 1. The number of nitrogens with two attached hydrogens (primary N) is 1. The molecule has 0 unspecified atom stereocenters. The SMILES string of the molecule is CCOC(=O)c1ccnn1[C@@H](N)CNC(=O)OC(C)(C)C. The maximum Gasteiger partial charge on any atom is 0.407 e. The standard InChI is InChI=1S/C13H22N4O4/c1-5-20-11(18)9-6-7-16-17(9)10(14)8-15-12(19)21-13(2,3)4/h6-7,10H,5,8,14H2,1-4H3,(H,15,19)/t10-/m1/s1. The molecule has 0 aliphatic rings. The topological polar surface area (TPSA) is 108 Å². The van der Waals surface area contributed by atoms with Crippen molar-refractivity contribution < 1.29 is 19.1 Å². The number of esters is 1. The zero-order valence-corrected chi connectivity index (χ0v) is 12.8. The van der Waals surface area contributed by atoms with Gasteiger partial charge in [0.15, 0.2) is 0 Å². The molecule has 8 nitrogen and oxygen atoms in total. The van der Waals surface area contributed by atoms with Crippen LogP contribution in [0, 0.1) is 0 Å². The third-order valence-electron chi connectivity index (χ3n) is 2.32. The summed E-state index contributed by atoms with van der Waals surface area (Å²) in [7, 11) is 0. The minimum absolute atomic E-state index is 0.0724. The molecule has 0 aliphatic heterocycles. The zero-order valence-electron chi connectivity index (χ0n) is 12.8. The first-order valence-corrected chi connectivity index (χ1v) is 6.67. The lowest BCUT2D eigenvalue weighted by atomic mass is 10.2. The molecule has 0 radical (unpaired) electrons. The van der Waals surface area contributed by atoms with Crippen LogP contribution in [-0.2, 0) is 9.47 Å². The van der Waals surface area contributed by atoms with Crippen LogP contribution in [0.5, 0.6) is 0 Å². The lowest BCUT2D eigenvalue weighted by Crippen LogP contribution is -2.39. The third kappa shape index (κ3) is 5.42. The first-order chi connectivity index (χ1) is 9.74. The van der Waals surface area contributed by atoms with E-state index in [1.807, 2.05) is 0 Å². The van der Waals surface area contributed by atoms with Crippen LogP contribution >= 0.6 is 0 Å². The quantitative estimate of drug-likeness (QED) is 0.786. The van der Waals surface area contributed by atoms with Crippen molar-refractivity contribution in [2.45, 2.75) is 39.5 Å². The van der Waals surface area contributed by atoms with Crippen molar-refractivity contribution in [2.24, 2.45) is 5.73 Å². The highest BCUT2D eigenvalue weighted by Gasteiger charge is 2.20. The van der Waals surface area contributed by atoms with Gasteiger partial charge in [-0.3, -0.25) is 0 Å². The van der Waals surface area contributed by atoms with Crippen molar-refractivity contribution in [2.75, 3.05) is 13.2 Å². The largest absolute Gasteiger partial charge is 0.461 e. The van der Waals surface area contributed by atoms with Gasteiger partial charge in [-0.15, -0.1) is 0 Å². The van der Waals surface area contributed by atoms with E-state index >= 15 is 0 Å². The predicted molar refractivity (Wildman–Crippen MR) is 75.6 cm³/mol. The molecule has 1 rings (SSSR count). The van der Waals surface area contributed by atoms with Gasteiger partial charge in [-0.2, -0.15) is 5.10 Å². The minimum atomic E-state index is -0.702. The van der Waals surface area contributed by atoms with Gasteiger partial charge >= 0.3 is 12.1 Å². The van der Waals surface area contributed by atoms with E-state index in [0.29, 0.717) is 0 Å². The van der Waals surface area contributed by atoms with Gasteiger partial charge in [0.2, 0.25) is 0 Å². The molecule has 0 aliphatic carbocycles. The van der Waals surface area contributed by atoms with E-state index in [0.717, 1.165) is 0 Å². The number of nitrogens with one attached hydrogen (secondary N) is 1. The highest BCUT2D eigenvalue weighted by Crippen LogP contribution is 2.08. The Morgan fingerprint density at radius 3 is 2.71 bits per heavy atom. The number of hydrogen-bond acceptors (Lipinski definition) is 6. The number of alkyl carbamates (subject to hydrolysis) is 1. The fourth-order valence-corrected chi connectivity index (χ4v) is 1.53. The van der Waals surface area contributed by atoms with Crippen molar-refractivity contribution >= 4 is 12.1 Å². The number of carbonyl (C=O) groups excluding carboxylic acids is 2. The summed E-state index contributed by atoms with van der Waals surface area (Å²) in [6.45, 7) is 7.33. The summed E-state index contributed by atoms with van der Waals surface area (Å²) in [6, 6.07) is 1.51. The Hall–Kier alpha value is -2.09. The second kappa shape index (κ2) is 7.07. The fourth-order valence-electron chi connectivity index (χ4n) is 1.53. The van der Waals surface area contributed by atoms with Crippen LogP contribution in [0.3, 0.4) is 0 Å². The summed E-state index contributed by atoms with van der Waals surface area (Å²) in [5, 5.41) is 6.50. The van der Waals surface area contributed by atoms with E-state index in [1.54, 1.807) is 27.7 Å². The molecule has 0 aromatic carbocycles. The Bertz CT molecular complexity index is 493. The number of rotatable bonds is 5. The van der Waals surface area contributed by atoms with Crippen molar-refractivity contribution in [3.8, 4) is 0 Å². The molecular weight excluding hydrogens is 276 g/mol. The minimum Gasteiger partial charge on any atom is -0.461 e. The van der Waals surface area contributed by atoms with Crippen LogP contribution in [0.25, 0.3) is 0 Å². The summed E-state index contributed by atoms with van der Waals surface area (Å²) >= 11 is 0. The Morgan fingerprint density at radius 1 is 1.48 bits per heavy atom. The summed E-state index contributed by atoms with van der Waals surface area (Å²) in [5.74, 6) is -0.511. The maximum atomic E-state index is 11.7. The number of ether oxygens (including phenoxy) is 2. The number of nitrogens with zero attached hydrogens (tertiary/aromatic N) is 2. The molecule has 1 aromatic rings. The molecule has 0 spiro atoms. The van der Waals surface area contributed by atoms with Gasteiger partial charge in [0, 0.05) is 6.20 Å². The van der Waals surface area contributed by atoms with Crippen molar-refractivity contribution in [3.63, 3.8) is 0 Å². The Kier molecular flexibility index (Phi) is 5.71. The average molecular weight is 298 g/mol. The predicted octanol–water partition coefficient (Wildman–Crippen LogP) is 1.04. The molecule has 1 amide bonds. The van der Waals surface area contributed by atoms with E-state index in [2.05, 4.69) is 10.4 Å². The summed E-state index contributed by atoms with van der Waals surface area (Å²) in [6.07, 6.45) is 0.161. The van der Waals surface area contributed by atoms with Crippen LogP contribution in [0.2, 0.25) is 0 Å². The third-order valence-corrected chi connectivity index (χ3v) is 2.32. The van der Waals surface area contributed by atoms with Gasteiger partial charge in [-0.1, -0.05) is 0 Å². The summed E-state index contributed by atoms with van der Waals surface area (Å²) in [5.41, 5.74) is 5.55. The molecule has 1 heterocycles. The number of hydrogen-bond donors (Lipinski definition) is 2. The van der Waals surface area contributed by atoms with Crippen molar-refractivity contribution in [3.05, 3.63) is 18.0 Å². The van der Waals surface area contributed by atoms with Crippen LogP contribution < -0.4 is 11.1 Å². The molecule has 1 aromatic heterocycles. The smallest absolute Gasteiger partial charge is 0.407 e. The Labute approximate surface area is 123 Å². The van der Waals surface area contributed by atoms with E-state index in [9.17, 15) is 9.59 Å². The van der Waals surface area contributed by atoms with Gasteiger partial charge in [0.05, 0.1) is 13.2 Å². The van der Waals surface area contributed by atoms with Gasteiger partial charge in [-0.25, -0.2) is 14.3 Å². The second-order valence-electron chi connectivity index (χ2n) is 5.33. The Balaban J connectivity index is 2.61. The monoisotopic (exact) mass is 298 g/mol. The average Bonchev–Trinajstić information content (AvgIpc) is 2.83. The van der Waals surface area contributed by atoms with Crippen LogP contribution in [0.15, 0.2) is 12.3 Å². The van der Waals surface area contributed by atoms with Gasteiger partial charge in [0.25, 0.3) is 0 Å². The van der Waals surface area contributed by atoms with E-state index < -0.39 is 23.8 Å². The normalized spacial score (nSPS) is 12.6. The molecular formula is C13H22N4O4. The summed E-state index contributed by atoms with van der Waals surface area (Å²) < 4.78 is 11.3. The fraction of sp³-hybridized carbons (Fsp3) is 0.615. The van der Waals surface area contributed by atoms with E-state index in [1.165, 1.54) is 16.9 Å². The van der Waals surface area contributed by atoms with E-state index in [-0.39, 0.29) is 18.8 Å². The molecule has 118 valence electrons. The summed E-state index contributed by atoms with van der Waals surface area (Å²) in [4.78, 5) is 23.3. The first kappa shape index (κ1) is 17.0. The van der Waals surface area contributed by atoms with Crippen molar-refractivity contribution in [1.82, 2.24) is 15.1 Å². The number of carbonyl (C=O) groups is 2. The van der Waals surface area contributed by atoms with Crippen molar-refractivity contribution in [1.29, 1.82) is 0 Å². The second-order valence-corrected chi connectivity index (χ2v) is 5.33. The highest BCUT2D eigenvalue weighted by molar-refractivity contribution is 5.87. The molecule has 1 atom stereocenters. The van der Waals surface area contributed by atoms with E-state index in [4.69, 9.17) is 15.2 Å². The molecule has 0 fully saturated rings. The Morgan fingerprint density at radius 2 is 2.14 bits per heavy atom. The molecule has 0 bridgehead atoms. The highest BCUT2D eigenvalue weighted by atomic mass is 16.6. The van der Waals surface area contributed by atoms with Crippen LogP contribution in [0.1, 0.15) is 44.3 Å². The van der Waals surface area contributed by atoms with Gasteiger partial charge in [-0.05, 0) is 33.8 Å². The van der Waals surface area contributed by atoms with Crippen LogP contribution in [-0.4, -0.2) is 40.6 Å².